The average Bonchev–Trinajstić information content (AvgIpc) is 2.78. The Balaban J connectivity index is 2.55. The van der Waals surface area contributed by atoms with E-state index in [-0.39, 0.29) is 4.88 Å². The maximum absolute atomic E-state index is 10.9. The lowest BCUT2D eigenvalue weighted by Gasteiger charge is -1.99. The summed E-state index contributed by atoms with van der Waals surface area (Å²) in [6.45, 7) is 0. The van der Waals surface area contributed by atoms with Gasteiger partial charge >= 0.3 is 5.97 Å². The lowest BCUT2D eigenvalue weighted by molar-refractivity contribution is 0.0702. The Hall–Kier alpha value is -2.19. The van der Waals surface area contributed by atoms with Gasteiger partial charge in [0, 0.05) is 5.56 Å². The zero-order chi connectivity index (χ0) is 11.5. The van der Waals surface area contributed by atoms with Gasteiger partial charge in [-0.3, -0.25) is 0 Å². The van der Waals surface area contributed by atoms with E-state index in [9.17, 15) is 4.79 Å². The van der Waals surface area contributed by atoms with E-state index in [0.717, 1.165) is 11.3 Å². The fourth-order valence-electron chi connectivity index (χ4n) is 1.34. The van der Waals surface area contributed by atoms with Crippen LogP contribution in [-0.2, 0) is 0 Å². The van der Waals surface area contributed by atoms with Crippen molar-refractivity contribution in [1.82, 2.24) is 4.98 Å². The molecule has 4 nitrogen and oxygen atoms in total. The summed E-state index contributed by atoms with van der Waals surface area (Å²) in [6, 6.07) is 8.74. The van der Waals surface area contributed by atoms with Crippen molar-refractivity contribution in [1.29, 1.82) is 5.26 Å². The summed E-state index contributed by atoms with van der Waals surface area (Å²) in [4.78, 5) is 15.1. The molecule has 0 aliphatic carbocycles. The maximum Gasteiger partial charge on any atom is 0.348 e. The van der Waals surface area contributed by atoms with Crippen molar-refractivity contribution in [3.05, 3.63) is 40.2 Å². The Morgan fingerprint density at radius 1 is 1.50 bits per heavy atom. The second kappa shape index (κ2) is 4.13. The molecule has 0 aliphatic heterocycles. The molecular formula is C11H6N2O2S. The van der Waals surface area contributed by atoms with Gasteiger partial charge in [-0.05, 0) is 12.1 Å². The largest absolute Gasteiger partial charge is 0.477 e. The maximum atomic E-state index is 10.9. The highest BCUT2D eigenvalue weighted by Crippen LogP contribution is 2.25. The summed E-state index contributed by atoms with van der Waals surface area (Å²) < 4.78 is 0. The first-order valence-corrected chi connectivity index (χ1v) is 5.27. The minimum Gasteiger partial charge on any atom is -0.477 e. The smallest absolute Gasteiger partial charge is 0.348 e. The molecule has 0 saturated carbocycles. The molecule has 0 atom stereocenters. The normalized spacial score (nSPS) is 9.69. The second-order valence-electron chi connectivity index (χ2n) is 3.03. The SMILES string of the molecule is N#Cc1cccc(-c2ncsc2C(=O)O)c1. The van der Waals surface area contributed by atoms with Crippen LogP contribution < -0.4 is 0 Å². The number of thiazole rings is 1. The van der Waals surface area contributed by atoms with Gasteiger partial charge in [-0.15, -0.1) is 11.3 Å². The third-order valence-corrected chi connectivity index (χ3v) is 2.84. The van der Waals surface area contributed by atoms with Crippen LogP contribution in [0, 0.1) is 11.3 Å². The predicted octanol–water partition coefficient (Wildman–Crippen LogP) is 2.38. The summed E-state index contributed by atoms with van der Waals surface area (Å²) >= 11 is 1.07. The first kappa shape index (κ1) is 10.3. The minimum absolute atomic E-state index is 0.190. The second-order valence-corrected chi connectivity index (χ2v) is 3.88. The molecule has 1 heterocycles. The predicted molar refractivity (Wildman–Crippen MR) is 59.2 cm³/mol. The minimum atomic E-state index is -1.00. The van der Waals surface area contributed by atoms with Crippen molar-refractivity contribution in [3.8, 4) is 17.3 Å². The lowest BCUT2D eigenvalue weighted by atomic mass is 10.1. The van der Waals surface area contributed by atoms with Crippen molar-refractivity contribution in [2.24, 2.45) is 0 Å². The van der Waals surface area contributed by atoms with Gasteiger partial charge in [0.1, 0.15) is 4.88 Å². The number of hydrogen-bond donors (Lipinski definition) is 1. The lowest BCUT2D eigenvalue weighted by Crippen LogP contribution is -1.95. The van der Waals surface area contributed by atoms with Crippen LogP contribution in [0.3, 0.4) is 0 Å². The molecule has 0 aliphatic rings. The van der Waals surface area contributed by atoms with Gasteiger partial charge in [0.25, 0.3) is 0 Å². The van der Waals surface area contributed by atoms with Crippen molar-refractivity contribution >= 4 is 17.3 Å². The van der Waals surface area contributed by atoms with Crippen LogP contribution in [-0.4, -0.2) is 16.1 Å². The van der Waals surface area contributed by atoms with Gasteiger partial charge in [-0.25, -0.2) is 9.78 Å². The number of hydrogen-bond acceptors (Lipinski definition) is 4. The van der Waals surface area contributed by atoms with Crippen LogP contribution >= 0.6 is 11.3 Å². The van der Waals surface area contributed by atoms with Gasteiger partial charge < -0.3 is 5.11 Å². The van der Waals surface area contributed by atoms with Crippen LogP contribution in [0.2, 0.25) is 0 Å². The first-order valence-electron chi connectivity index (χ1n) is 4.39. The van der Waals surface area contributed by atoms with E-state index < -0.39 is 5.97 Å². The molecule has 78 valence electrons. The average molecular weight is 230 g/mol. The van der Waals surface area contributed by atoms with Crippen LogP contribution in [0.5, 0.6) is 0 Å². The Labute approximate surface area is 95.4 Å². The summed E-state index contributed by atoms with van der Waals surface area (Å²) in [6.07, 6.45) is 0. The molecule has 0 unspecified atom stereocenters. The molecule has 0 fully saturated rings. The Morgan fingerprint density at radius 2 is 2.31 bits per heavy atom. The summed E-state index contributed by atoms with van der Waals surface area (Å²) in [7, 11) is 0. The number of rotatable bonds is 2. The number of carboxylic acids is 1. The van der Waals surface area contributed by atoms with Gasteiger partial charge in [0.15, 0.2) is 0 Å². The van der Waals surface area contributed by atoms with Crippen molar-refractivity contribution in [3.63, 3.8) is 0 Å². The Bertz CT molecular complexity index is 584. The molecule has 1 aromatic heterocycles. The number of carboxylic acid groups (broad SMARTS) is 1. The number of nitriles is 1. The van der Waals surface area contributed by atoms with Crippen molar-refractivity contribution < 1.29 is 9.90 Å². The third kappa shape index (κ3) is 1.78. The summed E-state index contributed by atoms with van der Waals surface area (Å²) in [5.41, 5.74) is 3.03. The van der Waals surface area contributed by atoms with E-state index in [1.54, 1.807) is 24.3 Å². The molecule has 0 spiro atoms. The highest BCUT2D eigenvalue weighted by atomic mass is 32.1. The van der Waals surface area contributed by atoms with Gasteiger partial charge in [0.2, 0.25) is 0 Å². The summed E-state index contributed by atoms with van der Waals surface area (Å²) in [5.74, 6) is -1.00. The molecule has 1 N–H and O–H groups in total. The zero-order valence-electron chi connectivity index (χ0n) is 8.04. The molecule has 1 aromatic carbocycles. The fourth-order valence-corrected chi connectivity index (χ4v) is 1.99. The van der Waals surface area contributed by atoms with Crippen molar-refractivity contribution in [2.75, 3.05) is 0 Å². The van der Waals surface area contributed by atoms with E-state index in [1.165, 1.54) is 5.51 Å². The van der Waals surface area contributed by atoms with Gasteiger partial charge in [-0.2, -0.15) is 5.26 Å². The Morgan fingerprint density at radius 3 is 3.00 bits per heavy atom. The topological polar surface area (TPSA) is 74.0 Å². The zero-order valence-corrected chi connectivity index (χ0v) is 8.86. The Kier molecular flexibility index (Phi) is 2.66. The van der Waals surface area contributed by atoms with Gasteiger partial charge in [0.05, 0.1) is 22.8 Å². The monoisotopic (exact) mass is 230 g/mol. The van der Waals surface area contributed by atoms with Crippen LogP contribution in [0.1, 0.15) is 15.2 Å². The molecule has 5 heteroatoms. The standard InChI is InChI=1S/C11H6N2O2S/c12-5-7-2-1-3-8(4-7)9-10(11(14)15)16-6-13-9/h1-4,6H,(H,14,15). The summed E-state index contributed by atoms with van der Waals surface area (Å²) in [5, 5.41) is 17.7. The highest BCUT2D eigenvalue weighted by Gasteiger charge is 2.14. The van der Waals surface area contributed by atoms with E-state index in [4.69, 9.17) is 10.4 Å². The number of benzene rings is 1. The number of aromatic nitrogens is 1. The highest BCUT2D eigenvalue weighted by molar-refractivity contribution is 7.12. The number of nitrogens with zero attached hydrogens (tertiary/aromatic N) is 2. The third-order valence-electron chi connectivity index (χ3n) is 2.03. The molecule has 2 rings (SSSR count). The van der Waals surface area contributed by atoms with E-state index >= 15 is 0 Å². The molecule has 0 bridgehead atoms. The van der Waals surface area contributed by atoms with Crippen LogP contribution in [0.15, 0.2) is 29.8 Å². The van der Waals surface area contributed by atoms with E-state index in [0.29, 0.717) is 16.8 Å². The quantitative estimate of drug-likeness (QED) is 0.859. The molecule has 16 heavy (non-hydrogen) atoms. The molecule has 0 amide bonds. The van der Waals surface area contributed by atoms with E-state index in [1.807, 2.05) is 6.07 Å². The van der Waals surface area contributed by atoms with Crippen LogP contribution in [0.4, 0.5) is 0 Å². The molecular weight excluding hydrogens is 224 g/mol. The van der Waals surface area contributed by atoms with Gasteiger partial charge in [-0.1, -0.05) is 12.1 Å². The molecule has 0 radical (unpaired) electrons. The first-order chi connectivity index (χ1) is 7.72. The molecule has 2 aromatic rings. The van der Waals surface area contributed by atoms with Crippen molar-refractivity contribution in [2.45, 2.75) is 0 Å². The fraction of sp³-hybridized carbons (Fsp3) is 0. The van der Waals surface area contributed by atoms with E-state index in [2.05, 4.69) is 4.98 Å². The molecule has 0 saturated heterocycles. The number of carbonyl (C=O) groups is 1. The number of aromatic carboxylic acids is 1. The van der Waals surface area contributed by atoms with Crippen LogP contribution in [0.25, 0.3) is 11.3 Å².